The zero-order valence-corrected chi connectivity index (χ0v) is 35.2. The van der Waals surface area contributed by atoms with Gasteiger partial charge in [-0.2, -0.15) is 0 Å². The zero-order chi connectivity index (χ0) is 42.3. The maximum Gasteiger partial charge on any atom is 0.239 e. The fraction of sp³-hybridized carbons (Fsp3) is 0.0800. The summed E-state index contributed by atoms with van der Waals surface area (Å²) in [7, 11) is 3.59. The van der Waals surface area contributed by atoms with Crippen LogP contribution in [0.1, 0.15) is 0 Å². The lowest BCUT2D eigenvalue weighted by atomic mass is 10.0. The summed E-state index contributed by atoms with van der Waals surface area (Å²) in [6, 6.07) is 62.9. The lowest BCUT2D eigenvalue weighted by Crippen LogP contribution is -2.39. The summed E-state index contributed by atoms with van der Waals surface area (Å²) in [6.07, 6.45) is 0. The van der Waals surface area contributed by atoms with Crippen molar-refractivity contribution in [2.24, 2.45) is 0 Å². The van der Waals surface area contributed by atoms with E-state index in [9.17, 15) is 4.32 Å². The van der Waals surface area contributed by atoms with E-state index in [4.69, 9.17) is 29.0 Å². The molecule has 0 atom stereocenters. The van der Waals surface area contributed by atoms with Crippen LogP contribution < -0.4 is 29.0 Å². The molecule has 0 saturated heterocycles. The highest BCUT2D eigenvalue weighted by Gasteiger charge is 2.21. The van der Waals surface area contributed by atoms with Gasteiger partial charge in [-0.05, 0) is 119 Å². The first-order valence-electron chi connectivity index (χ1n) is 18.9. The highest BCUT2D eigenvalue weighted by Crippen LogP contribution is 2.40. The molecule has 10 heteroatoms. The number of ether oxygens (including phenoxy) is 4. The first-order chi connectivity index (χ1) is 29.3. The molecule has 0 N–H and O–H groups in total. The molecule has 0 radical (unpaired) electrons. The molecule has 0 aliphatic heterocycles. The Bertz CT molecular complexity index is 2230. The molecule has 6 nitrogen and oxygen atoms in total. The Morgan fingerprint density at radius 1 is 0.333 bits per heavy atom. The molecular formula is C50H42BFO6S2. The zero-order valence-electron chi connectivity index (χ0n) is 33.5. The Morgan fingerprint density at radius 2 is 0.550 bits per heavy atom. The molecule has 2 aromatic heterocycles. The van der Waals surface area contributed by atoms with Gasteiger partial charge in [-0.25, -0.2) is 0 Å². The third-order valence-corrected chi connectivity index (χ3v) is 11.6. The van der Waals surface area contributed by atoms with E-state index in [1.54, 1.807) is 51.1 Å². The molecule has 0 saturated carbocycles. The summed E-state index contributed by atoms with van der Waals surface area (Å²) in [6.45, 7) is 0. The van der Waals surface area contributed by atoms with Crippen molar-refractivity contribution in [3.8, 4) is 87.0 Å². The first kappa shape index (κ1) is 43.2. The molecule has 0 bridgehead atoms. The molecule has 0 aliphatic rings. The summed E-state index contributed by atoms with van der Waals surface area (Å²) in [4.78, 5) is 4.87. The van der Waals surface area contributed by atoms with E-state index in [1.165, 1.54) is 64.0 Å². The number of benzene rings is 6. The van der Waals surface area contributed by atoms with Crippen LogP contribution in [0.2, 0.25) is 0 Å². The van der Waals surface area contributed by atoms with Crippen molar-refractivity contribution in [1.82, 2.24) is 0 Å². The predicted octanol–water partition coefficient (Wildman–Crippen LogP) is 11.8. The van der Waals surface area contributed by atoms with Gasteiger partial charge in [0.25, 0.3) is 0 Å². The monoisotopic (exact) mass is 832 g/mol. The minimum absolute atomic E-state index is 0.864. The van der Waals surface area contributed by atoms with E-state index < -0.39 is 7.40 Å². The third kappa shape index (κ3) is 11.8. The Kier molecular flexibility index (Phi) is 15.5. The Hall–Kier alpha value is -6.43. The molecule has 0 spiro atoms. The van der Waals surface area contributed by atoms with Crippen molar-refractivity contribution in [2.45, 2.75) is 0 Å². The van der Waals surface area contributed by atoms with Crippen molar-refractivity contribution in [1.29, 1.82) is 0 Å². The molecule has 0 fully saturated rings. The van der Waals surface area contributed by atoms with E-state index in [0.29, 0.717) is 0 Å². The SMILES string of the molecule is COc1ccc(-c2cc(-c3ccccc3)cc(-c3ccc(OC)cc3)[s+]2)cc1.COc1ccc(-c2cc(-c3ccccc3)cc(-c3ccc(OC)cc3)[s+]2)cc1.[O-]B([O-])F. The van der Waals surface area contributed by atoms with Crippen LogP contribution in [-0.4, -0.2) is 35.8 Å². The van der Waals surface area contributed by atoms with Gasteiger partial charge in [-0.15, -0.1) is 0 Å². The highest BCUT2D eigenvalue weighted by atomic mass is 32.1. The normalized spacial score (nSPS) is 10.2. The van der Waals surface area contributed by atoms with Crippen LogP contribution in [0.4, 0.5) is 4.32 Å². The molecule has 0 aliphatic carbocycles. The van der Waals surface area contributed by atoms with E-state index >= 15 is 0 Å². The summed E-state index contributed by atoms with van der Waals surface area (Å²) >= 11 is 3.57. The highest BCUT2D eigenvalue weighted by molar-refractivity contribution is 7.18. The number of methoxy groups -OCH3 is 4. The molecule has 2 heterocycles. The maximum absolute atomic E-state index is 9.89. The second-order valence-corrected chi connectivity index (χ2v) is 15.2. The summed E-state index contributed by atoms with van der Waals surface area (Å²) < 4.78 is 31.1. The number of hydrogen-bond donors (Lipinski definition) is 0. The molecule has 8 aromatic rings. The number of halogens is 1. The van der Waals surface area contributed by atoms with Crippen molar-refractivity contribution in [2.75, 3.05) is 28.4 Å². The molecule has 60 heavy (non-hydrogen) atoms. The van der Waals surface area contributed by atoms with Gasteiger partial charge >= 0.3 is 0 Å². The summed E-state index contributed by atoms with van der Waals surface area (Å²) in [5.74, 6) is 3.46. The second-order valence-electron chi connectivity index (χ2n) is 13.1. The Labute approximate surface area is 359 Å². The van der Waals surface area contributed by atoms with Crippen LogP contribution >= 0.6 is 22.7 Å². The van der Waals surface area contributed by atoms with Crippen molar-refractivity contribution >= 4 is 30.1 Å². The standard InChI is InChI=1S/2C25H21O2S.BFO2/c2*1-26-22-12-8-19(9-13-22)24-16-21(18-6-4-3-5-7-18)17-25(28-24)20-10-14-23(27-2)15-11-20;2-1(3)4/h2*3-17H,1-2H3;/q2*+1;-2. The van der Waals surface area contributed by atoms with Crippen LogP contribution in [0.15, 0.2) is 182 Å². The van der Waals surface area contributed by atoms with Crippen molar-refractivity contribution < 1.29 is 33.3 Å². The Morgan fingerprint density at radius 3 is 0.750 bits per heavy atom. The minimum atomic E-state index is -3.17. The molecule has 0 unspecified atom stereocenters. The van der Waals surface area contributed by atoms with Crippen LogP contribution in [0, 0.1) is 0 Å². The Balaban J connectivity index is 0.000000185. The fourth-order valence-corrected chi connectivity index (χ4v) is 8.42. The van der Waals surface area contributed by atoms with Crippen LogP contribution in [0.3, 0.4) is 0 Å². The lowest BCUT2D eigenvalue weighted by molar-refractivity contribution is -0.366. The number of hydrogen-bond acceptors (Lipinski definition) is 6. The topological polar surface area (TPSA) is 83.0 Å². The second kappa shape index (κ2) is 21.5. The smallest absolute Gasteiger partial charge is 0.239 e. The molecule has 0 amide bonds. The van der Waals surface area contributed by atoms with Gasteiger partial charge in [0.05, 0.1) is 28.4 Å². The fourth-order valence-electron chi connectivity index (χ4n) is 6.19. The minimum Gasteiger partial charge on any atom is -0.867 e. The van der Waals surface area contributed by atoms with E-state index in [-0.39, 0.29) is 0 Å². The van der Waals surface area contributed by atoms with Crippen molar-refractivity contribution in [3.05, 3.63) is 182 Å². The van der Waals surface area contributed by atoms with Gasteiger partial charge in [0.1, 0.15) is 30.4 Å². The first-order valence-corrected chi connectivity index (χ1v) is 20.5. The van der Waals surface area contributed by atoms with Crippen molar-refractivity contribution in [3.63, 3.8) is 0 Å². The van der Waals surface area contributed by atoms with Crippen LogP contribution in [0.25, 0.3) is 64.0 Å². The molecular weight excluding hydrogens is 790 g/mol. The van der Waals surface area contributed by atoms with Gasteiger partial charge in [0, 0.05) is 46.5 Å². The molecule has 300 valence electrons. The molecule has 8 rings (SSSR count). The predicted molar refractivity (Wildman–Crippen MR) is 243 cm³/mol. The van der Waals surface area contributed by atoms with Gasteiger partial charge in [0.2, 0.25) is 42.2 Å². The molecule has 6 aromatic carbocycles. The van der Waals surface area contributed by atoms with E-state index in [0.717, 1.165) is 23.0 Å². The van der Waals surface area contributed by atoms with Gasteiger partial charge < -0.3 is 33.3 Å². The quantitative estimate of drug-likeness (QED) is 0.101. The van der Waals surface area contributed by atoms with Gasteiger partial charge in [-0.3, -0.25) is 0 Å². The number of rotatable bonds is 10. The largest absolute Gasteiger partial charge is 0.867 e. The van der Waals surface area contributed by atoms with Crippen LogP contribution in [0.5, 0.6) is 23.0 Å². The van der Waals surface area contributed by atoms with E-state index in [1.807, 2.05) is 60.7 Å². The van der Waals surface area contributed by atoms with Crippen LogP contribution in [-0.2, 0) is 0 Å². The summed E-state index contributed by atoms with van der Waals surface area (Å²) in [5, 5.41) is 16.6. The van der Waals surface area contributed by atoms with E-state index in [2.05, 4.69) is 121 Å². The maximum atomic E-state index is 9.89. The third-order valence-electron chi connectivity index (χ3n) is 9.30. The average Bonchev–Trinajstić information content (AvgIpc) is 3.32. The van der Waals surface area contributed by atoms with Gasteiger partial charge in [0.15, 0.2) is 0 Å². The average molecular weight is 833 g/mol. The lowest BCUT2D eigenvalue weighted by Gasteiger charge is -2.09. The summed E-state index contributed by atoms with van der Waals surface area (Å²) in [5.41, 5.74) is 9.54. The van der Waals surface area contributed by atoms with Gasteiger partial charge in [-0.1, -0.05) is 60.7 Å².